The molecular weight excluding hydrogens is 442 g/mol. The summed E-state index contributed by atoms with van der Waals surface area (Å²) in [4.78, 5) is 34.6. The van der Waals surface area contributed by atoms with Crippen LogP contribution in [0, 0.1) is 0 Å². The van der Waals surface area contributed by atoms with E-state index in [4.69, 9.17) is 4.98 Å². The molecule has 0 radical (unpaired) electrons. The smallest absolute Gasteiger partial charge is 0.412 e. The molecule has 1 fully saturated rings. The Hall–Kier alpha value is -3.39. The van der Waals surface area contributed by atoms with Gasteiger partial charge in [0, 0.05) is 64.2 Å². The van der Waals surface area contributed by atoms with Crippen LogP contribution in [0.25, 0.3) is 11.0 Å². The van der Waals surface area contributed by atoms with E-state index < -0.39 is 6.09 Å². The summed E-state index contributed by atoms with van der Waals surface area (Å²) in [5.74, 6) is 1.15. The van der Waals surface area contributed by atoms with Crippen molar-refractivity contribution in [2.75, 3.05) is 37.6 Å². The molecule has 1 saturated heterocycles. The summed E-state index contributed by atoms with van der Waals surface area (Å²) in [7, 11) is 0. The number of aromatic nitrogens is 2. The fourth-order valence-corrected chi connectivity index (χ4v) is 5.46. The third-order valence-corrected chi connectivity index (χ3v) is 7.46. The molecule has 1 N–H and O–H groups in total. The van der Waals surface area contributed by atoms with Gasteiger partial charge in [-0.2, -0.15) is 0 Å². The van der Waals surface area contributed by atoms with Crippen molar-refractivity contribution in [3.05, 3.63) is 59.4 Å². The molecule has 3 heterocycles. The molecule has 35 heavy (non-hydrogen) atoms. The maximum Gasteiger partial charge on any atom is 0.412 e. The van der Waals surface area contributed by atoms with E-state index >= 15 is 0 Å². The molecule has 0 saturated carbocycles. The van der Waals surface area contributed by atoms with Crippen molar-refractivity contribution in [3.8, 4) is 0 Å². The molecule has 8 heteroatoms. The summed E-state index contributed by atoms with van der Waals surface area (Å²) in [6.45, 7) is 8.58. The molecule has 184 valence electrons. The lowest BCUT2D eigenvalue weighted by molar-refractivity contribution is -0.130. The topological polar surface area (TPSA) is 81.9 Å². The number of amides is 2. The highest BCUT2D eigenvalue weighted by atomic mass is 16.4. The van der Waals surface area contributed by atoms with Crippen molar-refractivity contribution in [2.24, 2.45) is 0 Å². The van der Waals surface area contributed by atoms with Crippen molar-refractivity contribution < 1.29 is 14.7 Å². The first-order chi connectivity index (χ1) is 16.9. The van der Waals surface area contributed by atoms with Gasteiger partial charge in [0.05, 0.1) is 16.7 Å². The van der Waals surface area contributed by atoms with Gasteiger partial charge >= 0.3 is 6.09 Å². The Balaban J connectivity index is 1.48. The summed E-state index contributed by atoms with van der Waals surface area (Å²) >= 11 is 0. The molecule has 0 bridgehead atoms. The highest BCUT2D eigenvalue weighted by molar-refractivity contribution is 5.94. The van der Waals surface area contributed by atoms with Gasteiger partial charge in [-0.25, -0.2) is 9.78 Å². The number of hydrogen-bond donors (Lipinski definition) is 1. The number of hydrogen-bond acceptors (Lipinski definition) is 4. The summed E-state index contributed by atoms with van der Waals surface area (Å²) in [6, 6.07) is 14.3. The number of nitrogens with zero attached hydrogens (tertiary/aromatic N) is 5. The van der Waals surface area contributed by atoms with Gasteiger partial charge in [-0.15, -0.1) is 0 Å². The number of carboxylic acid groups (broad SMARTS) is 1. The normalized spacial score (nSPS) is 18.6. The zero-order valence-electron chi connectivity index (χ0n) is 20.5. The Labute approximate surface area is 205 Å². The number of carbonyl (C=O) groups excluding carboxylic acids is 1. The molecule has 0 aliphatic carbocycles. The van der Waals surface area contributed by atoms with E-state index in [-0.39, 0.29) is 11.9 Å². The minimum Gasteiger partial charge on any atom is -0.465 e. The van der Waals surface area contributed by atoms with Crippen LogP contribution in [0.15, 0.2) is 42.5 Å². The molecule has 2 amide bonds. The maximum absolute atomic E-state index is 12.0. The largest absolute Gasteiger partial charge is 0.465 e. The second-order valence-corrected chi connectivity index (χ2v) is 9.66. The van der Waals surface area contributed by atoms with Gasteiger partial charge < -0.3 is 14.6 Å². The maximum atomic E-state index is 12.0. The first kappa shape index (κ1) is 23.4. The van der Waals surface area contributed by atoms with Crippen molar-refractivity contribution in [1.29, 1.82) is 0 Å². The summed E-state index contributed by atoms with van der Waals surface area (Å²) in [5.41, 5.74) is 4.99. The van der Waals surface area contributed by atoms with Gasteiger partial charge in [-0.05, 0) is 37.5 Å². The predicted molar refractivity (Wildman–Crippen MR) is 136 cm³/mol. The van der Waals surface area contributed by atoms with E-state index in [1.807, 2.05) is 42.2 Å². The van der Waals surface area contributed by atoms with Crippen LogP contribution in [-0.2, 0) is 24.2 Å². The SMILES string of the molecule is CC(=O)N1CCN(CCn2c(Cc3ccccc3)nc3c4c(ccc32)N(C(=O)O)[C@@H](C)CC4)CC1. The third kappa shape index (κ3) is 4.62. The van der Waals surface area contributed by atoms with E-state index in [0.29, 0.717) is 0 Å². The number of benzene rings is 2. The van der Waals surface area contributed by atoms with Gasteiger partial charge in [0.2, 0.25) is 5.91 Å². The standard InChI is InChI=1S/C27H33N5O3/c1-19-8-9-22-23(32(19)27(34)35)10-11-24-26(22)28-25(18-21-6-4-3-5-7-21)31(24)17-14-29-12-15-30(16-13-29)20(2)33/h3-7,10-11,19H,8-9,12-18H2,1-2H3,(H,34,35)/t19-/m0/s1. The molecule has 5 rings (SSSR count). The molecule has 2 aliphatic heterocycles. The van der Waals surface area contributed by atoms with Crippen LogP contribution in [0.5, 0.6) is 0 Å². The van der Waals surface area contributed by atoms with Crippen LogP contribution in [-0.4, -0.2) is 75.2 Å². The fraction of sp³-hybridized carbons (Fsp3) is 0.444. The van der Waals surface area contributed by atoms with E-state index in [2.05, 4.69) is 21.6 Å². The minimum absolute atomic E-state index is 0.0444. The van der Waals surface area contributed by atoms with Crippen LogP contribution in [0.4, 0.5) is 10.5 Å². The second-order valence-electron chi connectivity index (χ2n) is 9.66. The average molecular weight is 476 g/mol. The van der Waals surface area contributed by atoms with Crippen LogP contribution in [0.1, 0.15) is 37.2 Å². The number of aryl methyl sites for hydroxylation is 1. The zero-order valence-corrected chi connectivity index (χ0v) is 20.5. The third-order valence-electron chi connectivity index (χ3n) is 7.46. The first-order valence-corrected chi connectivity index (χ1v) is 12.5. The summed E-state index contributed by atoms with van der Waals surface area (Å²) < 4.78 is 2.31. The van der Waals surface area contributed by atoms with Crippen molar-refractivity contribution in [1.82, 2.24) is 19.4 Å². The summed E-state index contributed by atoms with van der Waals surface area (Å²) in [6.07, 6.45) is 1.43. The second kappa shape index (κ2) is 9.70. The van der Waals surface area contributed by atoms with Crippen molar-refractivity contribution in [3.63, 3.8) is 0 Å². The van der Waals surface area contributed by atoms with Crippen molar-refractivity contribution >= 4 is 28.7 Å². The Bertz CT molecular complexity index is 1230. The number of anilines is 1. The quantitative estimate of drug-likeness (QED) is 0.610. The molecule has 0 unspecified atom stereocenters. The molecule has 2 aliphatic rings. The Morgan fingerprint density at radius 2 is 1.77 bits per heavy atom. The van der Waals surface area contributed by atoms with Crippen molar-refractivity contribution in [2.45, 2.75) is 45.7 Å². The monoisotopic (exact) mass is 475 g/mol. The number of piperazine rings is 1. The van der Waals surface area contributed by atoms with Crippen LogP contribution >= 0.6 is 0 Å². The predicted octanol–water partition coefficient (Wildman–Crippen LogP) is 3.61. The molecule has 3 aromatic rings. The van der Waals surface area contributed by atoms with Gasteiger partial charge in [-0.1, -0.05) is 30.3 Å². The number of carbonyl (C=O) groups is 2. The molecule has 2 aromatic carbocycles. The molecule has 1 aromatic heterocycles. The Morgan fingerprint density at radius 1 is 1.03 bits per heavy atom. The van der Waals surface area contributed by atoms with E-state index in [9.17, 15) is 14.7 Å². The number of rotatable bonds is 5. The van der Waals surface area contributed by atoms with Gasteiger partial charge in [0.15, 0.2) is 0 Å². The first-order valence-electron chi connectivity index (χ1n) is 12.5. The van der Waals surface area contributed by atoms with E-state index in [0.717, 1.165) is 86.6 Å². The molecular formula is C27H33N5O3. The van der Waals surface area contributed by atoms with Crippen LogP contribution in [0.3, 0.4) is 0 Å². The van der Waals surface area contributed by atoms with Gasteiger partial charge in [0.1, 0.15) is 5.82 Å². The van der Waals surface area contributed by atoms with E-state index in [1.165, 1.54) is 10.5 Å². The van der Waals surface area contributed by atoms with Crippen LogP contribution < -0.4 is 4.90 Å². The Kier molecular flexibility index (Phi) is 6.47. The number of fused-ring (bicyclic) bond motifs is 3. The highest BCUT2D eigenvalue weighted by Crippen LogP contribution is 2.36. The average Bonchev–Trinajstić information content (AvgIpc) is 3.20. The lowest BCUT2D eigenvalue weighted by atomic mass is 9.96. The van der Waals surface area contributed by atoms with E-state index in [1.54, 1.807) is 6.92 Å². The fourth-order valence-electron chi connectivity index (χ4n) is 5.46. The lowest BCUT2D eigenvalue weighted by Gasteiger charge is -2.34. The zero-order chi connectivity index (χ0) is 24.5. The van der Waals surface area contributed by atoms with Gasteiger partial charge in [0.25, 0.3) is 0 Å². The van der Waals surface area contributed by atoms with Crippen LogP contribution in [0.2, 0.25) is 0 Å². The number of imidazole rings is 1. The summed E-state index contributed by atoms with van der Waals surface area (Å²) in [5, 5.41) is 9.83. The van der Waals surface area contributed by atoms with Gasteiger partial charge in [-0.3, -0.25) is 14.6 Å². The Morgan fingerprint density at radius 3 is 2.46 bits per heavy atom. The molecule has 0 spiro atoms. The highest BCUT2D eigenvalue weighted by Gasteiger charge is 2.30. The lowest BCUT2D eigenvalue weighted by Crippen LogP contribution is -2.48. The molecule has 8 nitrogen and oxygen atoms in total. The molecule has 1 atom stereocenters. The minimum atomic E-state index is -0.911.